The predicted octanol–water partition coefficient (Wildman–Crippen LogP) is 3.28. The number of halogens is 1. The minimum absolute atomic E-state index is 0.516. The van der Waals surface area contributed by atoms with E-state index in [0.717, 1.165) is 24.5 Å². The van der Waals surface area contributed by atoms with Crippen LogP contribution in [0.5, 0.6) is 0 Å². The second-order valence-corrected chi connectivity index (χ2v) is 4.27. The van der Waals surface area contributed by atoms with Crippen molar-refractivity contribution in [1.29, 1.82) is 0 Å². The van der Waals surface area contributed by atoms with Gasteiger partial charge in [0.05, 0.1) is 0 Å². The quantitative estimate of drug-likeness (QED) is 0.686. The first kappa shape index (κ1) is 10.0. The molecule has 1 heterocycles. The third kappa shape index (κ3) is 1.55. The van der Waals surface area contributed by atoms with Gasteiger partial charge in [0.15, 0.2) is 0 Å². The SMILES string of the molecule is CCN1CCc2c(Cl)cccc2[C@H]1C. The summed E-state index contributed by atoms with van der Waals surface area (Å²) in [7, 11) is 0. The predicted molar refractivity (Wildman–Crippen MR) is 60.8 cm³/mol. The standard InChI is InChI=1S/C12H16ClN/c1-3-14-8-7-11-10(9(14)2)5-4-6-12(11)13/h4-6,9H,3,7-8H2,1-2H3/t9-/m1/s1. The Morgan fingerprint density at radius 2 is 2.29 bits per heavy atom. The molecule has 0 unspecified atom stereocenters. The zero-order valence-corrected chi connectivity index (χ0v) is 9.51. The maximum atomic E-state index is 6.18. The highest BCUT2D eigenvalue weighted by Crippen LogP contribution is 2.32. The normalized spacial score (nSPS) is 22.1. The third-order valence-corrected chi connectivity index (χ3v) is 3.56. The molecule has 1 nitrogen and oxygen atoms in total. The van der Waals surface area contributed by atoms with E-state index < -0.39 is 0 Å². The Morgan fingerprint density at radius 1 is 1.50 bits per heavy atom. The zero-order valence-electron chi connectivity index (χ0n) is 8.76. The van der Waals surface area contributed by atoms with Gasteiger partial charge in [-0.25, -0.2) is 0 Å². The first-order valence-electron chi connectivity index (χ1n) is 5.25. The fraction of sp³-hybridized carbons (Fsp3) is 0.500. The molecule has 76 valence electrons. The first-order valence-corrected chi connectivity index (χ1v) is 5.63. The van der Waals surface area contributed by atoms with E-state index in [0.29, 0.717) is 6.04 Å². The van der Waals surface area contributed by atoms with E-state index >= 15 is 0 Å². The summed E-state index contributed by atoms with van der Waals surface area (Å²) in [5.74, 6) is 0. The van der Waals surface area contributed by atoms with Crippen molar-refractivity contribution >= 4 is 11.6 Å². The molecule has 0 radical (unpaired) electrons. The Labute approximate surface area is 90.7 Å². The van der Waals surface area contributed by atoms with Crippen LogP contribution in [0.2, 0.25) is 5.02 Å². The summed E-state index contributed by atoms with van der Waals surface area (Å²) < 4.78 is 0. The molecule has 0 bridgehead atoms. The highest BCUT2D eigenvalue weighted by atomic mass is 35.5. The van der Waals surface area contributed by atoms with Crippen LogP contribution < -0.4 is 0 Å². The van der Waals surface area contributed by atoms with Crippen LogP contribution in [0.4, 0.5) is 0 Å². The monoisotopic (exact) mass is 209 g/mol. The van der Waals surface area contributed by atoms with Gasteiger partial charge in [0.2, 0.25) is 0 Å². The molecule has 0 amide bonds. The van der Waals surface area contributed by atoms with Crippen LogP contribution in [0, 0.1) is 0 Å². The molecule has 1 aromatic rings. The average molecular weight is 210 g/mol. The van der Waals surface area contributed by atoms with E-state index in [1.165, 1.54) is 11.1 Å². The van der Waals surface area contributed by atoms with Crippen molar-refractivity contribution in [1.82, 2.24) is 4.90 Å². The molecule has 2 rings (SSSR count). The molecule has 1 atom stereocenters. The molecule has 2 heteroatoms. The maximum absolute atomic E-state index is 6.18. The van der Waals surface area contributed by atoms with Gasteiger partial charge in [-0.15, -0.1) is 0 Å². The van der Waals surface area contributed by atoms with E-state index in [1.807, 2.05) is 6.07 Å². The van der Waals surface area contributed by atoms with Crippen LogP contribution in [0.25, 0.3) is 0 Å². The van der Waals surface area contributed by atoms with Gasteiger partial charge >= 0.3 is 0 Å². The Morgan fingerprint density at radius 3 is 3.00 bits per heavy atom. The maximum Gasteiger partial charge on any atom is 0.0441 e. The average Bonchev–Trinajstić information content (AvgIpc) is 2.20. The van der Waals surface area contributed by atoms with E-state index in [9.17, 15) is 0 Å². The van der Waals surface area contributed by atoms with Gasteiger partial charge in [-0.05, 0) is 37.1 Å². The molecule has 14 heavy (non-hydrogen) atoms. The second-order valence-electron chi connectivity index (χ2n) is 3.86. The van der Waals surface area contributed by atoms with Gasteiger partial charge in [-0.2, -0.15) is 0 Å². The summed E-state index contributed by atoms with van der Waals surface area (Å²) in [6.45, 7) is 6.73. The minimum atomic E-state index is 0.516. The molecular formula is C12H16ClN. The largest absolute Gasteiger partial charge is 0.297 e. The van der Waals surface area contributed by atoms with Gasteiger partial charge in [-0.3, -0.25) is 4.90 Å². The lowest BCUT2D eigenvalue weighted by atomic mass is 9.93. The van der Waals surface area contributed by atoms with Crippen molar-refractivity contribution in [3.8, 4) is 0 Å². The van der Waals surface area contributed by atoms with Crippen molar-refractivity contribution in [2.75, 3.05) is 13.1 Å². The topological polar surface area (TPSA) is 3.24 Å². The summed E-state index contributed by atoms with van der Waals surface area (Å²) in [6, 6.07) is 6.77. The molecule has 0 saturated carbocycles. The molecule has 0 saturated heterocycles. The lowest BCUT2D eigenvalue weighted by molar-refractivity contribution is 0.210. The molecule has 0 N–H and O–H groups in total. The molecule has 1 aliphatic rings. The van der Waals surface area contributed by atoms with Crippen molar-refractivity contribution < 1.29 is 0 Å². The van der Waals surface area contributed by atoms with Crippen LogP contribution in [-0.4, -0.2) is 18.0 Å². The number of fused-ring (bicyclic) bond motifs is 1. The molecule has 1 aliphatic heterocycles. The molecule has 0 aliphatic carbocycles. The first-order chi connectivity index (χ1) is 6.74. The van der Waals surface area contributed by atoms with Gasteiger partial charge in [-0.1, -0.05) is 30.7 Å². The van der Waals surface area contributed by atoms with Gasteiger partial charge in [0, 0.05) is 17.6 Å². The second kappa shape index (κ2) is 3.92. The Balaban J connectivity index is 2.41. The zero-order chi connectivity index (χ0) is 10.1. The minimum Gasteiger partial charge on any atom is -0.297 e. The van der Waals surface area contributed by atoms with Crippen molar-refractivity contribution in [3.05, 3.63) is 34.3 Å². The number of likely N-dealkylation sites (N-methyl/N-ethyl adjacent to an activating group) is 1. The smallest absolute Gasteiger partial charge is 0.0441 e. The van der Waals surface area contributed by atoms with Crippen LogP contribution >= 0.6 is 11.6 Å². The molecule has 0 aromatic heterocycles. The fourth-order valence-corrected chi connectivity index (χ4v) is 2.58. The Kier molecular flexibility index (Phi) is 2.80. The number of hydrogen-bond donors (Lipinski definition) is 0. The highest BCUT2D eigenvalue weighted by molar-refractivity contribution is 6.31. The molecule has 1 aromatic carbocycles. The Bertz CT molecular complexity index is 335. The summed E-state index contributed by atoms with van der Waals surface area (Å²) in [5.41, 5.74) is 2.76. The van der Waals surface area contributed by atoms with Crippen molar-refractivity contribution in [2.24, 2.45) is 0 Å². The Hall–Kier alpha value is -0.530. The van der Waals surface area contributed by atoms with Crippen LogP contribution in [0.3, 0.4) is 0 Å². The van der Waals surface area contributed by atoms with Crippen LogP contribution in [-0.2, 0) is 6.42 Å². The van der Waals surface area contributed by atoms with E-state index in [4.69, 9.17) is 11.6 Å². The number of hydrogen-bond acceptors (Lipinski definition) is 1. The van der Waals surface area contributed by atoms with Gasteiger partial charge < -0.3 is 0 Å². The van der Waals surface area contributed by atoms with Crippen molar-refractivity contribution in [3.63, 3.8) is 0 Å². The summed E-state index contributed by atoms with van der Waals surface area (Å²) >= 11 is 6.18. The fourth-order valence-electron chi connectivity index (χ4n) is 2.31. The van der Waals surface area contributed by atoms with Crippen LogP contribution in [0.15, 0.2) is 18.2 Å². The van der Waals surface area contributed by atoms with E-state index in [1.54, 1.807) is 0 Å². The highest BCUT2D eigenvalue weighted by Gasteiger charge is 2.23. The molecule has 0 fully saturated rings. The summed E-state index contributed by atoms with van der Waals surface area (Å²) in [5, 5.41) is 0.935. The lowest BCUT2D eigenvalue weighted by Crippen LogP contribution is -2.33. The lowest BCUT2D eigenvalue weighted by Gasteiger charge is -2.34. The number of benzene rings is 1. The molecule has 0 spiro atoms. The van der Waals surface area contributed by atoms with E-state index in [2.05, 4.69) is 30.9 Å². The number of nitrogens with zero attached hydrogens (tertiary/aromatic N) is 1. The summed E-state index contributed by atoms with van der Waals surface area (Å²) in [4.78, 5) is 2.48. The molecular weight excluding hydrogens is 194 g/mol. The number of rotatable bonds is 1. The van der Waals surface area contributed by atoms with Gasteiger partial charge in [0.1, 0.15) is 0 Å². The third-order valence-electron chi connectivity index (χ3n) is 3.21. The van der Waals surface area contributed by atoms with Crippen molar-refractivity contribution in [2.45, 2.75) is 26.3 Å². The van der Waals surface area contributed by atoms with Crippen LogP contribution in [0.1, 0.15) is 31.0 Å². The van der Waals surface area contributed by atoms with Gasteiger partial charge in [0.25, 0.3) is 0 Å². The summed E-state index contributed by atoms with van der Waals surface area (Å²) in [6.07, 6.45) is 1.09. The van der Waals surface area contributed by atoms with E-state index in [-0.39, 0.29) is 0 Å².